The van der Waals surface area contributed by atoms with Crippen LogP contribution in [0, 0.1) is 29.6 Å². The molecule has 36 heavy (non-hydrogen) atoms. The predicted octanol–water partition coefficient (Wildman–Crippen LogP) is 5.28. The monoisotopic (exact) mass is 522 g/mol. The van der Waals surface area contributed by atoms with Crippen LogP contribution in [0.15, 0.2) is 35.8 Å². The van der Waals surface area contributed by atoms with Crippen LogP contribution in [0.2, 0.25) is 0 Å². The van der Waals surface area contributed by atoms with E-state index >= 15 is 0 Å². The van der Waals surface area contributed by atoms with Crippen LogP contribution >= 0.6 is 22.7 Å². The highest BCUT2D eigenvalue weighted by Gasteiger charge is 2.32. The third-order valence-electron chi connectivity index (χ3n) is 5.42. The molecule has 0 saturated carbocycles. The normalized spacial score (nSPS) is 12.1. The zero-order chi connectivity index (χ0) is 26.1. The molecule has 2 N–H and O–H groups in total. The average molecular weight is 523 g/mol. The second-order valence-corrected chi connectivity index (χ2v) is 10.4. The van der Waals surface area contributed by atoms with E-state index in [4.69, 9.17) is 4.74 Å². The molecule has 0 aromatic carbocycles. The van der Waals surface area contributed by atoms with Gasteiger partial charge in [0, 0.05) is 6.54 Å². The van der Waals surface area contributed by atoms with Crippen molar-refractivity contribution >= 4 is 34.7 Å². The first-order chi connectivity index (χ1) is 17.3. The minimum absolute atomic E-state index is 0.101. The Kier molecular flexibility index (Phi) is 9.75. The van der Waals surface area contributed by atoms with Gasteiger partial charge in [0.05, 0.1) is 39.7 Å². The van der Waals surface area contributed by atoms with E-state index in [9.17, 15) is 9.59 Å². The van der Waals surface area contributed by atoms with Crippen LogP contribution in [0.25, 0.3) is 10.6 Å². The maximum absolute atomic E-state index is 13.4. The first kappa shape index (κ1) is 27.1. The Bertz CT molecular complexity index is 1290. The number of alkyl carbamates (subject to hydrolysis) is 1. The zero-order valence-corrected chi connectivity index (χ0v) is 22.7. The largest absolute Gasteiger partial charge is 0.453 e. The van der Waals surface area contributed by atoms with Gasteiger partial charge in [-0.3, -0.25) is 4.79 Å². The van der Waals surface area contributed by atoms with Crippen molar-refractivity contribution in [3.05, 3.63) is 51.4 Å². The van der Waals surface area contributed by atoms with Gasteiger partial charge in [-0.25, -0.2) is 9.78 Å². The molecular weight excluding hydrogens is 492 g/mol. The summed E-state index contributed by atoms with van der Waals surface area (Å²) in [7, 11) is 1.29. The topological polar surface area (TPSA) is 87.3 Å². The summed E-state index contributed by atoms with van der Waals surface area (Å²) >= 11 is 3.14. The molecule has 2 atom stereocenters. The summed E-state index contributed by atoms with van der Waals surface area (Å²) in [5.74, 6) is 12.3. The third kappa shape index (κ3) is 7.00. The fraction of sp³-hybridized carbons (Fsp3) is 0.370. The standard InChI is InChI=1S/C27H30N4O3S2/c1-6-15-31(26(32)24(18(2)3)30-27(33)34-5)19(4)25-28-17-22(29-25)23-14-13-21(36-23)11-8-7-10-20-12-9-16-35-20/h9,12-14,16-19,24H,6,15H2,1-5H3,(H,28,29)(H,30,33)/t19-,24-/m0/s1. The molecule has 3 aromatic heterocycles. The van der Waals surface area contributed by atoms with Gasteiger partial charge in [0.15, 0.2) is 0 Å². The van der Waals surface area contributed by atoms with Gasteiger partial charge in [0.25, 0.3) is 0 Å². The lowest BCUT2D eigenvalue weighted by molar-refractivity contribution is -0.136. The number of carbonyl (C=O) groups is 2. The van der Waals surface area contributed by atoms with Crippen molar-refractivity contribution in [2.45, 2.75) is 46.2 Å². The first-order valence-corrected chi connectivity index (χ1v) is 13.4. The number of aromatic amines is 1. The van der Waals surface area contributed by atoms with Gasteiger partial charge in [-0.15, -0.1) is 22.7 Å². The summed E-state index contributed by atoms with van der Waals surface area (Å²) in [6.07, 6.45) is 1.92. The molecule has 0 unspecified atom stereocenters. The number of aromatic nitrogens is 2. The Morgan fingerprint density at radius 3 is 2.56 bits per heavy atom. The van der Waals surface area contributed by atoms with Gasteiger partial charge < -0.3 is 19.9 Å². The summed E-state index contributed by atoms with van der Waals surface area (Å²) in [4.78, 5) is 37.8. The number of nitrogens with zero attached hydrogens (tertiary/aromatic N) is 2. The number of carbonyl (C=O) groups excluding carboxylic acids is 2. The minimum Gasteiger partial charge on any atom is -0.453 e. The number of thiophene rings is 2. The van der Waals surface area contributed by atoms with Crippen LogP contribution < -0.4 is 5.32 Å². The molecule has 188 valence electrons. The van der Waals surface area contributed by atoms with Gasteiger partial charge in [-0.05, 0) is 66.5 Å². The van der Waals surface area contributed by atoms with E-state index in [1.807, 2.05) is 57.3 Å². The second kappa shape index (κ2) is 13.0. The lowest BCUT2D eigenvalue weighted by atomic mass is 10.0. The number of hydrogen-bond acceptors (Lipinski definition) is 6. The van der Waals surface area contributed by atoms with Crippen LogP contribution in [-0.2, 0) is 9.53 Å². The minimum atomic E-state index is -0.692. The van der Waals surface area contributed by atoms with Crippen molar-refractivity contribution < 1.29 is 14.3 Å². The molecule has 9 heteroatoms. The van der Waals surface area contributed by atoms with Crippen LogP contribution in [-0.4, -0.2) is 46.6 Å². The molecule has 0 aliphatic rings. The van der Waals surface area contributed by atoms with E-state index in [1.54, 1.807) is 33.8 Å². The van der Waals surface area contributed by atoms with Gasteiger partial charge in [-0.2, -0.15) is 0 Å². The molecule has 7 nitrogen and oxygen atoms in total. The van der Waals surface area contributed by atoms with E-state index < -0.39 is 12.1 Å². The van der Waals surface area contributed by atoms with Crippen LogP contribution in [0.4, 0.5) is 4.79 Å². The number of ether oxygens (including phenoxy) is 1. The third-order valence-corrected chi connectivity index (χ3v) is 7.24. The van der Waals surface area contributed by atoms with E-state index in [-0.39, 0.29) is 17.9 Å². The van der Waals surface area contributed by atoms with Gasteiger partial charge in [-0.1, -0.05) is 26.8 Å². The van der Waals surface area contributed by atoms with E-state index in [2.05, 4.69) is 39.0 Å². The summed E-state index contributed by atoms with van der Waals surface area (Å²) in [6.45, 7) is 8.26. The average Bonchev–Trinajstić information content (AvgIpc) is 3.64. The Labute approximate surface area is 220 Å². The van der Waals surface area contributed by atoms with Crippen LogP contribution in [0.1, 0.15) is 55.7 Å². The van der Waals surface area contributed by atoms with E-state index in [0.717, 1.165) is 26.7 Å². The molecule has 2 amide bonds. The first-order valence-electron chi connectivity index (χ1n) is 11.7. The van der Waals surface area contributed by atoms with E-state index in [0.29, 0.717) is 12.4 Å². The molecule has 0 spiro atoms. The maximum atomic E-state index is 13.4. The summed E-state index contributed by atoms with van der Waals surface area (Å²) in [6, 6.07) is 6.89. The molecule has 0 aliphatic carbocycles. The number of hydrogen-bond donors (Lipinski definition) is 2. The van der Waals surface area contributed by atoms with Crippen molar-refractivity contribution in [1.82, 2.24) is 20.2 Å². The predicted molar refractivity (Wildman–Crippen MR) is 145 cm³/mol. The highest BCUT2D eigenvalue weighted by atomic mass is 32.1. The summed E-state index contributed by atoms with van der Waals surface area (Å²) in [5.41, 5.74) is 0.858. The molecular formula is C27H30N4O3S2. The van der Waals surface area contributed by atoms with Crippen molar-refractivity contribution in [2.75, 3.05) is 13.7 Å². The summed E-state index contributed by atoms with van der Waals surface area (Å²) < 4.78 is 4.71. The number of rotatable bonds is 8. The Morgan fingerprint density at radius 2 is 1.92 bits per heavy atom. The van der Waals surface area contributed by atoms with Crippen molar-refractivity contribution in [2.24, 2.45) is 5.92 Å². The lowest BCUT2D eigenvalue weighted by Gasteiger charge is -2.33. The number of imidazole rings is 1. The smallest absolute Gasteiger partial charge is 0.407 e. The Morgan fingerprint density at radius 1 is 1.17 bits per heavy atom. The highest BCUT2D eigenvalue weighted by Crippen LogP contribution is 2.28. The van der Waals surface area contributed by atoms with Crippen LogP contribution in [0.3, 0.4) is 0 Å². The van der Waals surface area contributed by atoms with Gasteiger partial charge >= 0.3 is 6.09 Å². The Hall–Kier alpha value is -3.53. The van der Waals surface area contributed by atoms with Crippen molar-refractivity contribution in [3.63, 3.8) is 0 Å². The maximum Gasteiger partial charge on any atom is 0.407 e. The molecule has 0 aliphatic heterocycles. The van der Waals surface area contributed by atoms with Crippen molar-refractivity contribution in [3.8, 4) is 34.3 Å². The second-order valence-electron chi connectivity index (χ2n) is 8.39. The molecule has 0 bridgehead atoms. The molecule has 3 aromatic rings. The van der Waals surface area contributed by atoms with Gasteiger partial charge in [0.1, 0.15) is 11.9 Å². The fourth-order valence-electron chi connectivity index (χ4n) is 3.52. The van der Waals surface area contributed by atoms with Crippen molar-refractivity contribution in [1.29, 1.82) is 0 Å². The zero-order valence-electron chi connectivity index (χ0n) is 21.0. The number of nitrogens with one attached hydrogen (secondary N) is 2. The number of H-pyrrole nitrogens is 1. The SMILES string of the molecule is CCCN(C(=O)[C@@H](NC(=O)OC)C(C)C)[C@@H](C)c1ncc(-c2ccc(C#CC#Cc3cccs3)s2)[nH]1. The van der Waals surface area contributed by atoms with Gasteiger partial charge in [0.2, 0.25) is 5.91 Å². The number of methoxy groups -OCH3 is 1. The lowest BCUT2D eigenvalue weighted by Crippen LogP contribution is -2.52. The Balaban J connectivity index is 1.75. The fourth-order valence-corrected chi connectivity index (χ4v) is 4.92. The molecule has 0 radical (unpaired) electrons. The number of amides is 2. The quantitative estimate of drug-likeness (QED) is 0.394. The molecule has 0 fully saturated rings. The highest BCUT2D eigenvalue weighted by molar-refractivity contribution is 7.16. The van der Waals surface area contributed by atoms with Crippen LogP contribution in [0.5, 0.6) is 0 Å². The molecule has 0 saturated heterocycles. The van der Waals surface area contributed by atoms with E-state index in [1.165, 1.54) is 7.11 Å². The molecule has 3 rings (SSSR count). The molecule has 3 heterocycles. The summed E-state index contributed by atoms with van der Waals surface area (Å²) in [5, 5.41) is 4.66.